The Bertz CT molecular complexity index is 869. The summed E-state index contributed by atoms with van der Waals surface area (Å²) in [5.74, 6) is 1.43. The van der Waals surface area contributed by atoms with Crippen molar-refractivity contribution in [1.82, 2.24) is 19.6 Å². The van der Waals surface area contributed by atoms with Crippen LogP contribution >= 0.6 is 0 Å². The van der Waals surface area contributed by atoms with Crippen LogP contribution in [0.3, 0.4) is 0 Å². The molecule has 6 heteroatoms. The van der Waals surface area contributed by atoms with Gasteiger partial charge in [0, 0.05) is 12.0 Å². The zero-order chi connectivity index (χ0) is 17.3. The Kier molecular flexibility index (Phi) is 4.46. The van der Waals surface area contributed by atoms with Crippen molar-refractivity contribution < 1.29 is 4.39 Å². The van der Waals surface area contributed by atoms with Crippen molar-refractivity contribution in [3.8, 4) is 11.3 Å². The van der Waals surface area contributed by atoms with Gasteiger partial charge in [-0.3, -0.25) is 0 Å². The number of fused-ring (bicyclic) bond motifs is 1. The third kappa shape index (κ3) is 3.22. The third-order valence-electron chi connectivity index (χ3n) is 4.05. The van der Waals surface area contributed by atoms with Gasteiger partial charge in [0.15, 0.2) is 17.3 Å². The fraction of sp³-hybridized carbons (Fsp3) is 0.389. The number of nitrogen functional groups attached to an aromatic ring is 1. The van der Waals surface area contributed by atoms with E-state index in [1.165, 1.54) is 12.1 Å². The molecule has 0 amide bonds. The van der Waals surface area contributed by atoms with E-state index in [9.17, 15) is 4.39 Å². The summed E-state index contributed by atoms with van der Waals surface area (Å²) in [5, 5.41) is 4.57. The fourth-order valence-electron chi connectivity index (χ4n) is 2.79. The van der Waals surface area contributed by atoms with Gasteiger partial charge in [-0.25, -0.2) is 18.9 Å². The number of nitrogens with zero attached hydrogens (tertiary/aromatic N) is 4. The summed E-state index contributed by atoms with van der Waals surface area (Å²) in [4.78, 5) is 8.93. The normalized spacial score (nSPS) is 11.5. The van der Waals surface area contributed by atoms with Crippen LogP contribution in [-0.2, 0) is 6.42 Å². The summed E-state index contributed by atoms with van der Waals surface area (Å²) in [5.41, 5.74) is 8.73. The lowest BCUT2D eigenvalue weighted by molar-refractivity contribution is 0.549. The summed E-state index contributed by atoms with van der Waals surface area (Å²) in [6.07, 6.45) is 2.99. The van der Waals surface area contributed by atoms with Crippen LogP contribution in [0.5, 0.6) is 0 Å². The Morgan fingerprint density at radius 2 is 2.04 bits per heavy atom. The van der Waals surface area contributed by atoms with Gasteiger partial charge in [-0.1, -0.05) is 32.4 Å². The molecular formula is C18H22FN5. The van der Waals surface area contributed by atoms with Crippen LogP contribution in [0.15, 0.2) is 24.3 Å². The van der Waals surface area contributed by atoms with Crippen LogP contribution in [0.1, 0.15) is 38.2 Å². The first kappa shape index (κ1) is 16.4. The highest BCUT2D eigenvalue weighted by Crippen LogP contribution is 2.25. The molecule has 1 aromatic carbocycles. The summed E-state index contributed by atoms with van der Waals surface area (Å²) in [6.45, 7) is 6.30. The van der Waals surface area contributed by atoms with Crippen LogP contribution in [0.25, 0.3) is 16.9 Å². The number of aryl methyl sites for hydroxylation is 2. The molecule has 0 bridgehead atoms. The van der Waals surface area contributed by atoms with Gasteiger partial charge < -0.3 is 5.73 Å². The molecule has 0 atom stereocenters. The van der Waals surface area contributed by atoms with Gasteiger partial charge in [0.25, 0.3) is 0 Å². The third-order valence-corrected chi connectivity index (χ3v) is 4.05. The van der Waals surface area contributed by atoms with Gasteiger partial charge in [0.05, 0.1) is 11.4 Å². The van der Waals surface area contributed by atoms with E-state index in [2.05, 4.69) is 28.9 Å². The summed E-state index contributed by atoms with van der Waals surface area (Å²) < 4.78 is 15.2. The lowest BCUT2D eigenvalue weighted by Gasteiger charge is -2.08. The van der Waals surface area contributed by atoms with E-state index in [0.29, 0.717) is 28.6 Å². The minimum atomic E-state index is -0.305. The molecule has 2 heterocycles. The number of halogens is 1. The van der Waals surface area contributed by atoms with Crippen molar-refractivity contribution in [2.75, 3.05) is 5.73 Å². The highest BCUT2D eigenvalue weighted by Gasteiger charge is 2.15. The van der Waals surface area contributed by atoms with E-state index in [1.54, 1.807) is 10.6 Å². The van der Waals surface area contributed by atoms with Crippen molar-refractivity contribution in [1.29, 1.82) is 0 Å². The topological polar surface area (TPSA) is 69.1 Å². The maximum Gasteiger partial charge on any atom is 0.198 e. The Morgan fingerprint density at radius 1 is 1.25 bits per heavy atom. The van der Waals surface area contributed by atoms with Crippen molar-refractivity contribution in [3.05, 3.63) is 41.6 Å². The molecule has 0 unspecified atom stereocenters. The zero-order valence-electron chi connectivity index (χ0n) is 14.3. The van der Waals surface area contributed by atoms with Gasteiger partial charge >= 0.3 is 0 Å². The Balaban J connectivity index is 2.00. The molecule has 0 aliphatic carbocycles. The van der Waals surface area contributed by atoms with E-state index in [1.807, 2.05) is 13.0 Å². The van der Waals surface area contributed by atoms with E-state index >= 15 is 0 Å². The van der Waals surface area contributed by atoms with Crippen LogP contribution in [-0.4, -0.2) is 19.6 Å². The quantitative estimate of drug-likeness (QED) is 0.774. The molecule has 3 rings (SSSR count). The number of hydrogen-bond donors (Lipinski definition) is 1. The van der Waals surface area contributed by atoms with Gasteiger partial charge in [-0.05, 0) is 31.4 Å². The molecule has 126 valence electrons. The maximum absolute atomic E-state index is 13.5. The molecule has 0 fully saturated rings. The molecule has 2 N–H and O–H groups in total. The average molecular weight is 327 g/mol. The number of aromatic nitrogens is 4. The molecule has 0 radical (unpaired) electrons. The Hall–Kier alpha value is -2.50. The number of nitrogens with two attached hydrogens (primary N) is 1. The number of hydrogen-bond acceptors (Lipinski definition) is 4. The Labute approximate surface area is 140 Å². The molecule has 24 heavy (non-hydrogen) atoms. The number of anilines is 1. The van der Waals surface area contributed by atoms with Gasteiger partial charge in [0.1, 0.15) is 5.82 Å². The summed E-state index contributed by atoms with van der Waals surface area (Å²) in [6, 6.07) is 6.32. The molecule has 0 spiro atoms. The van der Waals surface area contributed by atoms with Crippen LogP contribution < -0.4 is 5.73 Å². The summed E-state index contributed by atoms with van der Waals surface area (Å²) in [7, 11) is 0. The van der Waals surface area contributed by atoms with Gasteiger partial charge in [0.2, 0.25) is 0 Å². The van der Waals surface area contributed by atoms with Crippen LogP contribution in [0, 0.1) is 18.7 Å². The second kappa shape index (κ2) is 6.55. The zero-order valence-corrected chi connectivity index (χ0v) is 14.3. The standard InChI is InChI=1S/C18H22FN5/c1-11(2)6-4-9-15-21-18-17(20)22-16(12(3)24(18)23-15)13-7-5-8-14(19)10-13/h5,7-8,10-11H,4,6,9H2,1-3H3,(H2,20,22). The smallest absolute Gasteiger partial charge is 0.198 e. The lowest BCUT2D eigenvalue weighted by Crippen LogP contribution is -2.04. The van der Waals surface area contributed by atoms with Crippen molar-refractivity contribution in [2.45, 2.75) is 40.0 Å². The van der Waals surface area contributed by atoms with Crippen molar-refractivity contribution in [2.24, 2.45) is 5.92 Å². The fourth-order valence-corrected chi connectivity index (χ4v) is 2.79. The van der Waals surface area contributed by atoms with Crippen LogP contribution in [0.4, 0.5) is 10.2 Å². The molecule has 5 nitrogen and oxygen atoms in total. The molecule has 0 aliphatic rings. The minimum Gasteiger partial charge on any atom is -0.381 e. The molecule has 0 saturated carbocycles. The predicted octanol–water partition coefficient (Wildman–Crippen LogP) is 3.80. The van der Waals surface area contributed by atoms with Crippen LogP contribution in [0.2, 0.25) is 0 Å². The highest BCUT2D eigenvalue weighted by molar-refractivity contribution is 5.69. The largest absolute Gasteiger partial charge is 0.381 e. The SMILES string of the molecule is Cc1c(-c2cccc(F)c2)nc(N)c2nc(CCCC(C)C)nn12. The van der Waals surface area contributed by atoms with Gasteiger partial charge in [-0.2, -0.15) is 5.10 Å². The first-order chi connectivity index (χ1) is 11.5. The second-order valence-corrected chi connectivity index (χ2v) is 6.49. The first-order valence-corrected chi connectivity index (χ1v) is 8.23. The van der Waals surface area contributed by atoms with Crippen molar-refractivity contribution >= 4 is 11.5 Å². The van der Waals surface area contributed by atoms with Crippen molar-refractivity contribution in [3.63, 3.8) is 0 Å². The van der Waals surface area contributed by atoms with Gasteiger partial charge in [-0.15, -0.1) is 0 Å². The predicted molar refractivity (Wildman–Crippen MR) is 93.1 cm³/mol. The average Bonchev–Trinajstić information content (AvgIpc) is 2.95. The van der Waals surface area contributed by atoms with E-state index in [4.69, 9.17) is 5.73 Å². The molecule has 3 aromatic rings. The summed E-state index contributed by atoms with van der Waals surface area (Å²) >= 11 is 0. The van der Waals surface area contributed by atoms with E-state index in [-0.39, 0.29) is 5.82 Å². The number of rotatable bonds is 5. The Morgan fingerprint density at radius 3 is 2.75 bits per heavy atom. The first-order valence-electron chi connectivity index (χ1n) is 8.23. The van der Waals surface area contributed by atoms with E-state index in [0.717, 1.165) is 30.8 Å². The van der Waals surface area contributed by atoms with E-state index < -0.39 is 0 Å². The highest BCUT2D eigenvalue weighted by atomic mass is 19.1. The molecule has 2 aromatic heterocycles. The maximum atomic E-state index is 13.5. The second-order valence-electron chi connectivity index (χ2n) is 6.49. The monoisotopic (exact) mass is 327 g/mol. The molecule has 0 aliphatic heterocycles. The minimum absolute atomic E-state index is 0.305. The lowest BCUT2D eigenvalue weighted by atomic mass is 10.1. The molecular weight excluding hydrogens is 305 g/mol. The number of benzene rings is 1. The molecule has 0 saturated heterocycles.